The third-order valence-corrected chi connectivity index (χ3v) is 6.94. The van der Waals surface area contributed by atoms with Crippen LogP contribution in [0.3, 0.4) is 0 Å². The molecule has 4 rings (SSSR count). The Bertz CT molecular complexity index is 1330. The van der Waals surface area contributed by atoms with E-state index in [1.807, 2.05) is 32.9 Å². The fourth-order valence-corrected chi connectivity index (χ4v) is 4.71. The second-order valence-electron chi connectivity index (χ2n) is 9.85. The quantitative estimate of drug-likeness (QED) is 0.306. The number of rotatable bonds is 10. The number of cyclic esters (lactones) is 1. The number of ether oxygens (including phenoxy) is 2. The Labute approximate surface area is 247 Å². The smallest absolute Gasteiger partial charge is 0.414 e. The predicted octanol–water partition coefficient (Wildman–Crippen LogP) is 5.18. The molecule has 2 fully saturated rings. The average molecular weight is 585 g/mol. The van der Waals surface area contributed by atoms with E-state index in [9.17, 15) is 14.4 Å². The summed E-state index contributed by atoms with van der Waals surface area (Å²) in [5, 5.41) is 3.36. The highest BCUT2D eigenvalue weighted by Gasteiger charge is 2.32. The number of anilines is 1. The first-order valence-electron chi connectivity index (χ1n) is 14.2. The van der Waals surface area contributed by atoms with Crippen LogP contribution >= 0.6 is 11.6 Å². The molecule has 10 heteroatoms. The Hall–Kier alpha value is -3.56. The van der Waals surface area contributed by atoms with Gasteiger partial charge in [0.2, 0.25) is 5.91 Å². The second kappa shape index (κ2) is 15.4. The van der Waals surface area contributed by atoms with E-state index in [1.54, 1.807) is 55.0 Å². The fourth-order valence-electron chi connectivity index (χ4n) is 4.64. The molecule has 1 unspecified atom stereocenters. The molecule has 9 nitrogen and oxygen atoms in total. The minimum Gasteiger partial charge on any atom is -0.487 e. The van der Waals surface area contributed by atoms with Crippen LogP contribution < -0.4 is 20.5 Å². The lowest BCUT2D eigenvalue weighted by atomic mass is 10.1. The van der Waals surface area contributed by atoms with E-state index in [0.29, 0.717) is 40.9 Å². The molecule has 2 amide bonds. The number of aromatic nitrogens is 1. The van der Waals surface area contributed by atoms with Crippen LogP contribution in [-0.2, 0) is 9.53 Å². The number of hydrogen-bond donors (Lipinski definition) is 1. The summed E-state index contributed by atoms with van der Waals surface area (Å²) in [7, 11) is 0. The number of allylic oxidation sites excluding steroid dienone is 3. The molecule has 1 N–H and O–H groups in total. The molecular weight excluding hydrogens is 544 g/mol. The van der Waals surface area contributed by atoms with Crippen LogP contribution in [0.4, 0.5) is 10.5 Å². The van der Waals surface area contributed by atoms with Gasteiger partial charge in [-0.15, -0.1) is 0 Å². The normalized spacial score (nSPS) is 17.7. The van der Waals surface area contributed by atoms with Gasteiger partial charge >= 0.3 is 6.09 Å². The summed E-state index contributed by atoms with van der Waals surface area (Å²) in [6.07, 6.45) is 6.44. The molecule has 0 bridgehead atoms. The topological polar surface area (TPSA) is 93.1 Å². The van der Waals surface area contributed by atoms with Crippen molar-refractivity contribution < 1.29 is 19.1 Å². The summed E-state index contributed by atoms with van der Waals surface area (Å²) < 4.78 is 12.8. The molecule has 2 saturated heterocycles. The van der Waals surface area contributed by atoms with E-state index in [0.717, 1.165) is 25.2 Å². The van der Waals surface area contributed by atoms with Crippen LogP contribution in [0, 0.1) is 6.92 Å². The Kier molecular flexibility index (Phi) is 12.0. The number of pyridine rings is 1. The molecule has 3 heterocycles. The van der Waals surface area contributed by atoms with Gasteiger partial charge in [0.05, 0.1) is 18.8 Å². The van der Waals surface area contributed by atoms with Crippen LogP contribution in [0.5, 0.6) is 5.75 Å². The number of carbonyl (C=O) groups is 2. The molecule has 41 heavy (non-hydrogen) atoms. The van der Waals surface area contributed by atoms with Crippen molar-refractivity contribution in [3.05, 3.63) is 75.2 Å². The third-order valence-electron chi connectivity index (χ3n) is 6.81. The van der Waals surface area contributed by atoms with Gasteiger partial charge in [0, 0.05) is 29.0 Å². The van der Waals surface area contributed by atoms with E-state index in [1.165, 1.54) is 17.7 Å². The average Bonchev–Trinajstić information content (AvgIpc) is 3.62. The standard InChI is InChI=1S/C29H35ClN4O5.C2H6/c1-20(8-9-22(3)30)27(35)31-18-24-19-34(29(37)39-24)23-10-11-25(21(2)17-23)33-14-6-7-26(28(33)36)38-16-15-32-12-4-5-13-32;1-2/h6-11,14,17,24H,4-5,12-13,15-16,18-19H2,1-3H3,(H,31,35);1-2H3/b20-8+,22-9+;. The summed E-state index contributed by atoms with van der Waals surface area (Å²) in [6, 6.07) is 8.92. The fraction of sp³-hybridized carbons (Fsp3) is 0.452. The van der Waals surface area contributed by atoms with Crippen LogP contribution in [0.1, 0.15) is 46.1 Å². The van der Waals surface area contributed by atoms with Gasteiger partial charge in [-0.25, -0.2) is 4.79 Å². The van der Waals surface area contributed by atoms with E-state index >= 15 is 0 Å². The first-order valence-corrected chi connectivity index (χ1v) is 14.6. The highest BCUT2D eigenvalue weighted by atomic mass is 35.5. The second-order valence-corrected chi connectivity index (χ2v) is 10.4. The van der Waals surface area contributed by atoms with E-state index in [2.05, 4.69) is 10.2 Å². The van der Waals surface area contributed by atoms with Crippen molar-refractivity contribution >= 4 is 29.3 Å². The SMILES string of the molecule is C/C(Cl)=C\C=C(/C)C(=O)NCC1CN(c2ccc(-n3cccc(OCCN4CCCC4)c3=O)c(C)c2)C(=O)O1.CC. The van der Waals surface area contributed by atoms with Crippen LogP contribution in [0.2, 0.25) is 0 Å². The maximum absolute atomic E-state index is 13.1. The Balaban J connectivity index is 0.00000226. The summed E-state index contributed by atoms with van der Waals surface area (Å²) in [6.45, 7) is 13.2. The molecule has 0 saturated carbocycles. The summed E-state index contributed by atoms with van der Waals surface area (Å²) in [4.78, 5) is 41.9. The number of amides is 2. The predicted molar refractivity (Wildman–Crippen MR) is 163 cm³/mol. The number of halogens is 1. The first-order chi connectivity index (χ1) is 19.7. The van der Waals surface area contributed by atoms with Crippen molar-refractivity contribution in [3.8, 4) is 11.4 Å². The lowest BCUT2D eigenvalue weighted by Crippen LogP contribution is -2.35. The van der Waals surface area contributed by atoms with Gasteiger partial charge in [-0.2, -0.15) is 0 Å². The summed E-state index contributed by atoms with van der Waals surface area (Å²) in [5.41, 5.74) is 2.44. The number of nitrogens with zero attached hydrogens (tertiary/aromatic N) is 3. The van der Waals surface area contributed by atoms with Crippen molar-refractivity contribution in [1.29, 1.82) is 0 Å². The minimum absolute atomic E-state index is 0.187. The van der Waals surface area contributed by atoms with E-state index < -0.39 is 12.2 Å². The van der Waals surface area contributed by atoms with Gasteiger partial charge in [-0.05, 0) is 88.7 Å². The highest BCUT2D eigenvalue weighted by Crippen LogP contribution is 2.26. The van der Waals surface area contributed by atoms with Gasteiger partial charge in [-0.3, -0.25) is 24.0 Å². The summed E-state index contributed by atoms with van der Waals surface area (Å²) in [5.74, 6) is 0.0543. The maximum Gasteiger partial charge on any atom is 0.414 e. The minimum atomic E-state index is -0.489. The van der Waals surface area contributed by atoms with Gasteiger partial charge in [0.15, 0.2) is 5.75 Å². The zero-order valence-electron chi connectivity index (χ0n) is 24.6. The lowest BCUT2D eigenvalue weighted by Gasteiger charge is -2.17. The number of carbonyl (C=O) groups excluding carboxylic acids is 2. The number of likely N-dealkylation sites (tertiary alicyclic amines) is 1. The molecule has 222 valence electrons. The number of benzene rings is 1. The lowest BCUT2D eigenvalue weighted by molar-refractivity contribution is -0.117. The first kappa shape index (κ1) is 32.0. The molecular formula is C31H41ClN4O5. The number of nitrogens with one attached hydrogen (secondary N) is 1. The van der Waals surface area contributed by atoms with Gasteiger partial charge < -0.3 is 14.8 Å². The Morgan fingerprint density at radius 1 is 1.15 bits per heavy atom. The van der Waals surface area contributed by atoms with Crippen molar-refractivity contribution in [2.45, 2.75) is 53.6 Å². The van der Waals surface area contributed by atoms with Gasteiger partial charge in [-0.1, -0.05) is 31.5 Å². The molecule has 0 spiro atoms. The molecule has 2 aromatic rings. The maximum atomic E-state index is 13.1. The number of aryl methyl sites for hydroxylation is 1. The largest absolute Gasteiger partial charge is 0.487 e. The monoisotopic (exact) mass is 584 g/mol. The molecule has 0 aliphatic carbocycles. The molecule has 0 radical (unpaired) electrons. The van der Waals surface area contributed by atoms with Crippen LogP contribution in [-0.4, -0.2) is 66.9 Å². The van der Waals surface area contributed by atoms with Crippen molar-refractivity contribution in [3.63, 3.8) is 0 Å². The van der Waals surface area contributed by atoms with Crippen LogP contribution in [0.25, 0.3) is 5.69 Å². The molecule has 1 aromatic heterocycles. The van der Waals surface area contributed by atoms with Crippen molar-refractivity contribution in [1.82, 2.24) is 14.8 Å². The third kappa shape index (κ3) is 8.71. The zero-order chi connectivity index (χ0) is 29.9. The van der Waals surface area contributed by atoms with Crippen molar-refractivity contribution in [2.24, 2.45) is 0 Å². The van der Waals surface area contributed by atoms with Gasteiger partial charge in [0.1, 0.15) is 12.7 Å². The van der Waals surface area contributed by atoms with E-state index in [-0.39, 0.29) is 18.0 Å². The van der Waals surface area contributed by atoms with Crippen molar-refractivity contribution in [2.75, 3.05) is 44.2 Å². The molecule has 2 aliphatic heterocycles. The molecule has 1 aromatic carbocycles. The van der Waals surface area contributed by atoms with E-state index in [4.69, 9.17) is 21.1 Å². The van der Waals surface area contributed by atoms with Gasteiger partial charge in [0.25, 0.3) is 5.56 Å². The molecule has 2 aliphatic rings. The Morgan fingerprint density at radius 2 is 1.88 bits per heavy atom. The number of hydrogen-bond acceptors (Lipinski definition) is 6. The summed E-state index contributed by atoms with van der Waals surface area (Å²) >= 11 is 5.80. The Morgan fingerprint density at radius 3 is 2.56 bits per heavy atom. The zero-order valence-corrected chi connectivity index (χ0v) is 25.4. The van der Waals surface area contributed by atoms with Crippen LogP contribution in [0.15, 0.2) is 64.1 Å². The molecule has 1 atom stereocenters. The highest BCUT2D eigenvalue weighted by molar-refractivity contribution is 6.29.